The fraction of sp³-hybridized carbons (Fsp3) is 0.933. The molecule has 0 saturated carbocycles. The normalized spacial score (nSPS) is 24.5. The lowest BCUT2D eigenvalue weighted by atomic mass is 9.96. The monoisotopic (exact) mass is 270 g/mol. The predicted octanol–water partition coefficient (Wildman–Crippen LogP) is 2.17. The van der Waals surface area contributed by atoms with Crippen molar-refractivity contribution in [2.24, 2.45) is 11.7 Å². The molecule has 1 heterocycles. The molecule has 1 rings (SSSR count). The quantitative estimate of drug-likeness (QED) is 0.752. The highest BCUT2D eigenvalue weighted by molar-refractivity contribution is 5.79. The Morgan fingerprint density at radius 3 is 2.79 bits per heavy atom. The number of ether oxygens (including phenoxy) is 1. The van der Waals surface area contributed by atoms with Gasteiger partial charge in [-0.2, -0.15) is 0 Å². The lowest BCUT2D eigenvalue weighted by Gasteiger charge is -2.26. The Morgan fingerprint density at radius 1 is 1.42 bits per heavy atom. The number of hydrogen-bond donors (Lipinski definition) is 1. The predicted molar refractivity (Wildman–Crippen MR) is 77.9 cm³/mol. The third-order valence-electron chi connectivity index (χ3n) is 4.24. The maximum Gasteiger partial charge on any atom is 0.325 e. The maximum absolute atomic E-state index is 11.5. The van der Waals surface area contributed by atoms with Gasteiger partial charge < -0.3 is 15.4 Å². The van der Waals surface area contributed by atoms with Gasteiger partial charge in [-0.15, -0.1) is 0 Å². The van der Waals surface area contributed by atoms with Crippen LogP contribution in [-0.2, 0) is 9.53 Å². The van der Waals surface area contributed by atoms with Crippen molar-refractivity contribution in [3.63, 3.8) is 0 Å². The summed E-state index contributed by atoms with van der Waals surface area (Å²) in [4.78, 5) is 14.0. The first-order chi connectivity index (χ1) is 8.99. The summed E-state index contributed by atoms with van der Waals surface area (Å²) >= 11 is 0. The molecule has 112 valence electrons. The average molecular weight is 270 g/mol. The van der Waals surface area contributed by atoms with Gasteiger partial charge in [-0.1, -0.05) is 19.8 Å². The molecule has 4 heteroatoms. The lowest BCUT2D eigenvalue weighted by Crippen LogP contribution is -2.48. The van der Waals surface area contributed by atoms with E-state index in [1.165, 1.54) is 39.2 Å². The highest BCUT2D eigenvalue weighted by Crippen LogP contribution is 2.22. The van der Waals surface area contributed by atoms with E-state index in [0.29, 0.717) is 6.42 Å². The second-order valence-corrected chi connectivity index (χ2v) is 6.09. The minimum absolute atomic E-state index is 0.314. The first-order valence-electron chi connectivity index (χ1n) is 7.59. The van der Waals surface area contributed by atoms with E-state index in [2.05, 4.69) is 11.8 Å². The highest BCUT2D eigenvalue weighted by Gasteiger charge is 2.30. The molecule has 1 fully saturated rings. The molecule has 0 aromatic heterocycles. The summed E-state index contributed by atoms with van der Waals surface area (Å²) in [5, 5.41) is 0. The van der Waals surface area contributed by atoms with Gasteiger partial charge in [-0.05, 0) is 51.6 Å². The summed E-state index contributed by atoms with van der Waals surface area (Å²) in [5.41, 5.74) is 5.14. The van der Waals surface area contributed by atoms with Crippen molar-refractivity contribution in [1.82, 2.24) is 4.90 Å². The zero-order valence-corrected chi connectivity index (χ0v) is 12.8. The first kappa shape index (κ1) is 16.4. The number of methoxy groups -OCH3 is 1. The van der Waals surface area contributed by atoms with Gasteiger partial charge in [0.15, 0.2) is 0 Å². The number of likely N-dealkylation sites (tertiary alicyclic amines) is 1. The first-order valence-corrected chi connectivity index (χ1v) is 7.59. The molecule has 0 aromatic carbocycles. The smallest absolute Gasteiger partial charge is 0.325 e. The Morgan fingerprint density at radius 2 is 2.16 bits per heavy atom. The number of carbonyl (C=O) groups is 1. The van der Waals surface area contributed by atoms with Crippen LogP contribution in [0.15, 0.2) is 0 Å². The van der Waals surface area contributed by atoms with E-state index in [9.17, 15) is 4.79 Å². The van der Waals surface area contributed by atoms with Crippen LogP contribution in [-0.4, -0.2) is 43.2 Å². The summed E-state index contributed by atoms with van der Waals surface area (Å²) < 4.78 is 4.75. The van der Waals surface area contributed by atoms with Gasteiger partial charge in [0.25, 0.3) is 0 Å². The van der Waals surface area contributed by atoms with Crippen molar-refractivity contribution in [3.8, 4) is 0 Å². The number of hydrogen-bond acceptors (Lipinski definition) is 4. The van der Waals surface area contributed by atoms with Crippen LogP contribution in [0.3, 0.4) is 0 Å². The topological polar surface area (TPSA) is 55.6 Å². The minimum Gasteiger partial charge on any atom is -0.468 e. The molecule has 1 aliphatic rings. The van der Waals surface area contributed by atoms with Crippen LogP contribution < -0.4 is 5.73 Å². The standard InChI is InChI=1S/C15H30N2O2/c1-4-6-13-7-5-10-17(11-8-13)12-9-15(2,16)14(18)19-3/h13H,4-12,16H2,1-3H3. The average Bonchev–Trinajstić information content (AvgIpc) is 2.61. The van der Waals surface area contributed by atoms with Crippen molar-refractivity contribution in [1.29, 1.82) is 0 Å². The van der Waals surface area contributed by atoms with Crippen molar-refractivity contribution < 1.29 is 9.53 Å². The number of esters is 1. The second-order valence-electron chi connectivity index (χ2n) is 6.09. The zero-order chi connectivity index (χ0) is 14.3. The van der Waals surface area contributed by atoms with Gasteiger partial charge in [0.2, 0.25) is 0 Å². The maximum atomic E-state index is 11.5. The van der Waals surface area contributed by atoms with Gasteiger partial charge in [-0.3, -0.25) is 4.79 Å². The van der Waals surface area contributed by atoms with Crippen LogP contribution in [0.2, 0.25) is 0 Å². The van der Waals surface area contributed by atoms with Gasteiger partial charge in [-0.25, -0.2) is 0 Å². The summed E-state index contributed by atoms with van der Waals surface area (Å²) in [6.45, 7) is 7.19. The van der Waals surface area contributed by atoms with E-state index in [1.54, 1.807) is 6.92 Å². The Labute approximate surface area is 117 Å². The molecule has 2 atom stereocenters. The second kappa shape index (κ2) is 7.85. The number of nitrogens with two attached hydrogens (primary N) is 1. The SMILES string of the molecule is CCCC1CCCN(CCC(C)(N)C(=O)OC)CC1. The van der Waals surface area contributed by atoms with Crippen LogP contribution in [0, 0.1) is 5.92 Å². The molecule has 0 aliphatic carbocycles. The van der Waals surface area contributed by atoms with Crippen LogP contribution in [0.1, 0.15) is 52.4 Å². The fourth-order valence-corrected chi connectivity index (χ4v) is 2.87. The molecule has 2 unspecified atom stereocenters. The molecule has 4 nitrogen and oxygen atoms in total. The minimum atomic E-state index is -0.857. The van der Waals surface area contributed by atoms with Crippen LogP contribution in [0.4, 0.5) is 0 Å². The van der Waals surface area contributed by atoms with Crippen LogP contribution in [0.5, 0.6) is 0 Å². The molecule has 0 bridgehead atoms. The molecule has 0 radical (unpaired) electrons. The van der Waals surface area contributed by atoms with Crippen molar-refractivity contribution in [2.45, 2.75) is 57.9 Å². The van der Waals surface area contributed by atoms with Crippen molar-refractivity contribution in [3.05, 3.63) is 0 Å². The molecule has 1 aliphatic heterocycles. The third-order valence-corrected chi connectivity index (χ3v) is 4.24. The molecule has 1 saturated heterocycles. The zero-order valence-electron chi connectivity index (χ0n) is 12.8. The number of nitrogens with zero attached hydrogens (tertiary/aromatic N) is 1. The fourth-order valence-electron chi connectivity index (χ4n) is 2.87. The molecule has 2 N–H and O–H groups in total. The van der Waals surface area contributed by atoms with Gasteiger partial charge >= 0.3 is 5.97 Å². The molecule has 19 heavy (non-hydrogen) atoms. The summed E-state index contributed by atoms with van der Waals surface area (Å²) in [6.07, 6.45) is 7.20. The van der Waals surface area contributed by atoms with Gasteiger partial charge in [0, 0.05) is 6.54 Å². The van der Waals surface area contributed by atoms with E-state index in [-0.39, 0.29) is 5.97 Å². The summed E-state index contributed by atoms with van der Waals surface area (Å²) in [7, 11) is 1.40. The molecular formula is C15H30N2O2. The largest absolute Gasteiger partial charge is 0.468 e. The Kier molecular flexibility index (Phi) is 6.80. The Balaban J connectivity index is 2.35. The van der Waals surface area contributed by atoms with E-state index in [0.717, 1.165) is 25.6 Å². The van der Waals surface area contributed by atoms with Crippen LogP contribution >= 0.6 is 0 Å². The number of carbonyl (C=O) groups excluding carboxylic acids is 1. The van der Waals surface area contributed by atoms with Crippen LogP contribution in [0.25, 0.3) is 0 Å². The Hall–Kier alpha value is -0.610. The van der Waals surface area contributed by atoms with E-state index < -0.39 is 5.54 Å². The highest BCUT2D eigenvalue weighted by atomic mass is 16.5. The third kappa shape index (κ3) is 5.49. The van der Waals surface area contributed by atoms with E-state index in [4.69, 9.17) is 10.5 Å². The van der Waals surface area contributed by atoms with E-state index in [1.807, 2.05) is 0 Å². The Bertz CT molecular complexity index is 279. The van der Waals surface area contributed by atoms with Crippen molar-refractivity contribution >= 4 is 5.97 Å². The molecular weight excluding hydrogens is 240 g/mol. The molecule has 0 amide bonds. The van der Waals surface area contributed by atoms with E-state index >= 15 is 0 Å². The van der Waals surface area contributed by atoms with Gasteiger partial charge in [0.1, 0.15) is 5.54 Å². The van der Waals surface area contributed by atoms with Gasteiger partial charge in [0.05, 0.1) is 7.11 Å². The summed E-state index contributed by atoms with van der Waals surface area (Å²) in [6, 6.07) is 0. The molecule has 0 spiro atoms. The van der Waals surface area contributed by atoms with Crippen molar-refractivity contribution in [2.75, 3.05) is 26.7 Å². The summed E-state index contributed by atoms with van der Waals surface area (Å²) in [5.74, 6) is 0.575. The lowest BCUT2D eigenvalue weighted by molar-refractivity contribution is -0.146. The molecule has 0 aromatic rings. The number of rotatable bonds is 6.